The number of aromatic nitrogens is 3. The highest BCUT2D eigenvalue weighted by molar-refractivity contribution is 5.74. The minimum absolute atomic E-state index is 0.00292. The summed E-state index contributed by atoms with van der Waals surface area (Å²) in [6, 6.07) is 3.73. The van der Waals surface area contributed by atoms with Gasteiger partial charge < -0.3 is 14.8 Å². The molecule has 0 aliphatic heterocycles. The molecule has 128 valence electrons. The van der Waals surface area contributed by atoms with Crippen LogP contribution in [0, 0.1) is 0 Å². The average molecular weight is 330 g/mol. The zero-order valence-electron chi connectivity index (χ0n) is 14.4. The third kappa shape index (κ3) is 2.30. The zero-order valence-corrected chi connectivity index (χ0v) is 14.4. The molecule has 3 fully saturated rings. The van der Waals surface area contributed by atoms with Gasteiger partial charge in [-0.1, -0.05) is 0 Å². The number of hydrogen-bond acceptors (Lipinski definition) is 5. The van der Waals surface area contributed by atoms with Crippen LogP contribution in [0.25, 0.3) is 11.0 Å². The molecule has 7 heteroatoms. The Hall–Kier alpha value is -2.31. The quantitative estimate of drug-likeness (QED) is 0.936. The lowest BCUT2D eigenvalue weighted by molar-refractivity contribution is -0.142. The Morgan fingerprint density at radius 2 is 1.96 bits per heavy atom. The molecule has 0 unspecified atom stereocenters. The molecular weight excluding hydrogens is 308 g/mol. The van der Waals surface area contributed by atoms with Crippen molar-refractivity contribution in [3.63, 3.8) is 0 Å². The summed E-state index contributed by atoms with van der Waals surface area (Å²) >= 11 is 0. The largest absolute Gasteiger partial charge is 0.481 e. The predicted molar refractivity (Wildman–Crippen MR) is 88.0 cm³/mol. The van der Waals surface area contributed by atoms with Crippen molar-refractivity contribution in [3.05, 3.63) is 18.3 Å². The molecule has 3 aliphatic rings. The Kier molecular flexibility index (Phi) is 2.93. The lowest BCUT2D eigenvalue weighted by Crippen LogP contribution is -2.79. The van der Waals surface area contributed by atoms with E-state index in [2.05, 4.69) is 15.4 Å². The fraction of sp³-hybridized carbons (Fsp3) is 0.588. The van der Waals surface area contributed by atoms with E-state index >= 15 is 0 Å². The van der Waals surface area contributed by atoms with Gasteiger partial charge in [-0.25, -0.2) is 9.78 Å². The number of hydrogen-bond donors (Lipinski definition) is 1. The Morgan fingerprint density at radius 1 is 1.25 bits per heavy atom. The van der Waals surface area contributed by atoms with Crippen LogP contribution in [0.2, 0.25) is 0 Å². The highest BCUT2D eigenvalue weighted by atomic mass is 16.6. The molecule has 0 saturated heterocycles. The van der Waals surface area contributed by atoms with Crippen LogP contribution in [-0.4, -0.2) is 39.1 Å². The molecule has 2 aromatic heterocycles. The van der Waals surface area contributed by atoms with Crippen molar-refractivity contribution in [2.75, 3.05) is 7.11 Å². The normalized spacial score (nSPS) is 28.0. The van der Waals surface area contributed by atoms with E-state index in [1.807, 2.05) is 43.8 Å². The molecular formula is C17H22N4O3. The number of carbonyl (C=O) groups is 1. The number of nitrogens with zero attached hydrogens (tertiary/aromatic N) is 3. The molecule has 2 heterocycles. The summed E-state index contributed by atoms with van der Waals surface area (Å²) in [5.74, 6) is 0.586. The lowest BCUT2D eigenvalue weighted by atomic mass is 9.44. The zero-order chi connectivity index (χ0) is 17.2. The summed E-state index contributed by atoms with van der Waals surface area (Å²) in [4.78, 5) is 16.4. The van der Waals surface area contributed by atoms with E-state index in [0.717, 1.165) is 30.3 Å². The van der Waals surface area contributed by atoms with E-state index in [-0.39, 0.29) is 17.2 Å². The van der Waals surface area contributed by atoms with Crippen LogP contribution in [0.4, 0.5) is 4.79 Å². The number of alkyl carbamates (subject to hydrolysis) is 1. The molecule has 5 rings (SSSR count). The van der Waals surface area contributed by atoms with Gasteiger partial charge in [-0.3, -0.25) is 4.68 Å². The van der Waals surface area contributed by atoms with Gasteiger partial charge >= 0.3 is 6.09 Å². The Morgan fingerprint density at radius 3 is 2.58 bits per heavy atom. The molecule has 0 radical (unpaired) electrons. The minimum Gasteiger partial charge on any atom is -0.481 e. The molecule has 7 nitrogen and oxygen atoms in total. The molecule has 0 aromatic carbocycles. The van der Waals surface area contributed by atoms with Crippen LogP contribution in [0.15, 0.2) is 18.3 Å². The van der Waals surface area contributed by atoms with Crippen molar-refractivity contribution in [2.24, 2.45) is 0 Å². The van der Waals surface area contributed by atoms with Gasteiger partial charge in [0.05, 0.1) is 24.4 Å². The van der Waals surface area contributed by atoms with Crippen molar-refractivity contribution >= 4 is 17.1 Å². The van der Waals surface area contributed by atoms with Crippen LogP contribution < -0.4 is 10.1 Å². The van der Waals surface area contributed by atoms with Crippen molar-refractivity contribution in [3.8, 4) is 5.88 Å². The van der Waals surface area contributed by atoms with Gasteiger partial charge in [0.15, 0.2) is 0 Å². The molecule has 2 bridgehead atoms. The average Bonchev–Trinajstić information content (AvgIpc) is 2.81. The van der Waals surface area contributed by atoms with E-state index < -0.39 is 5.60 Å². The number of amides is 1. The fourth-order valence-corrected chi connectivity index (χ4v) is 3.88. The molecule has 3 saturated carbocycles. The molecule has 1 amide bonds. The van der Waals surface area contributed by atoms with Gasteiger partial charge in [-0.2, -0.15) is 5.10 Å². The van der Waals surface area contributed by atoms with Gasteiger partial charge in [0.1, 0.15) is 16.6 Å². The maximum Gasteiger partial charge on any atom is 0.408 e. The summed E-state index contributed by atoms with van der Waals surface area (Å²) < 4.78 is 12.5. The maximum absolute atomic E-state index is 12.0. The van der Waals surface area contributed by atoms with Gasteiger partial charge in [0, 0.05) is 6.07 Å². The van der Waals surface area contributed by atoms with Gasteiger partial charge in [0.2, 0.25) is 5.88 Å². The maximum atomic E-state index is 12.0. The number of carbonyl (C=O) groups excluding carboxylic acids is 1. The first-order chi connectivity index (χ1) is 11.2. The van der Waals surface area contributed by atoms with Crippen molar-refractivity contribution in [1.29, 1.82) is 0 Å². The van der Waals surface area contributed by atoms with Crippen LogP contribution in [0.3, 0.4) is 0 Å². The number of rotatable bonds is 3. The summed E-state index contributed by atoms with van der Waals surface area (Å²) in [7, 11) is 1.60. The van der Waals surface area contributed by atoms with Gasteiger partial charge in [-0.15, -0.1) is 0 Å². The molecule has 2 aromatic rings. The lowest BCUT2D eigenvalue weighted by Gasteiger charge is -2.69. The minimum atomic E-state index is -0.476. The predicted octanol–water partition coefficient (Wildman–Crippen LogP) is 2.60. The third-order valence-electron chi connectivity index (χ3n) is 4.80. The highest BCUT2D eigenvalue weighted by Gasteiger charge is 2.70. The third-order valence-corrected chi connectivity index (χ3v) is 4.80. The van der Waals surface area contributed by atoms with Crippen LogP contribution in [0.1, 0.15) is 40.0 Å². The second-order valence-electron chi connectivity index (χ2n) is 7.99. The number of nitrogens with one attached hydrogen (secondary N) is 1. The van der Waals surface area contributed by atoms with E-state index in [9.17, 15) is 4.79 Å². The molecule has 0 atom stereocenters. The number of methoxy groups -OCH3 is 1. The Balaban J connectivity index is 1.45. The van der Waals surface area contributed by atoms with E-state index in [0.29, 0.717) is 5.88 Å². The fourth-order valence-electron chi connectivity index (χ4n) is 3.88. The van der Waals surface area contributed by atoms with Crippen LogP contribution >= 0.6 is 0 Å². The Labute approximate surface area is 140 Å². The highest BCUT2D eigenvalue weighted by Crippen LogP contribution is 2.65. The molecule has 0 spiro atoms. The SMILES string of the molecule is COc1ccc2nn(C34CC(NC(=O)OC(C)(C)C)(C3)C4)cc2n1. The first-order valence-corrected chi connectivity index (χ1v) is 8.15. The van der Waals surface area contributed by atoms with E-state index in [4.69, 9.17) is 9.47 Å². The van der Waals surface area contributed by atoms with E-state index in [1.165, 1.54) is 0 Å². The Bertz CT molecular complexity index is 801. The standard InChI is InChI=1S/C17H22N4O3/c1-15(2,3)24-14(22)19-16-8-17(9-16,10-16)21-7-12-11(20-21)5-6-13(18-12)23-4/h5-7H,8-10H2,1-4H3,(H,19,22). The molecule has 3 aliphatic carbocycles. The number of fused-ring (bicyclic) bond motifs is 1. The van der Waals surface area contributed by atoms with Crippen LogP contribution in [0.5, 0.6) is 5.88 Å². The van der Waals surface area contributed by atoms with Crippen molar-refractivity contribution in [1.82, 2.24) is 20.1 Å². The summed E-state index contributed by atoms with van der Waals surface area (Å²) in [5.41, 5.74) is 1.08. The smallest absolute Gasteiger partial charge is 0.408 e. The molecule has 24 heavy (non-hydrogen) atoms. The monoisotopic (exact) mass is 330 g/mol. The topological polar surface area (TPSA) is 78.3 Å². The van der Waals surface area contributed by atoms with E-state index in [1.54, 1.807) is 7.11 Å². The second kappa shape index (κ2) is 4.62. The summed E-state index contributed by atoms with van der Waals surface area (Å²) in [6.07, 6.45) is 4.26. The van der Waals surface area contributed by atoms with Gasteiger partial charge in [0.25, 0.3) is 0 Å². The first-order valence-electron chi connectivity index (χ1n) is 8.15. The second-order valence-corrected chi connectivity index (χ2v) is 7.99. The van der Waals surface area contributed by atoms with Crippen molar-refractivity contribution < 1.29 is 14.3 Å². The first kappa shape index (κ1) is 15.2. The summed E-state index contributed by atoms with van der Waals surface area (Å²) in [5, 5.41) is 7.67. The summed E-state index contributed by atoms with van der Waals surface area (Å²) in [6.45, 7) is 5.60. The number of ether oxygens (including phenoxy) is 2. The number of pyridine rings is 1. The van der Waals surface area contributed by atoms with Crippen LogP contribution in [-0.2, 0) is 10.3 Å². The van der Waals surface area contributed by atoms with Gasteiger partial charge in [-0.05, 0) is 46.1 Å². The molecule has 1 N–H and O–H groups in total. The van der Waals surface area contributed by atoms with Crippen molar-refractivity contribution in [2.45, 2.75) is 56.7 Å².